The minimum Gasteiger partial charge on any atom is -0.480 e. The van der Waals surface area contributed by atoms with Gasteiger partial charge in [-0.1, -0.05) is 23.0 Å². The molecule has 0 saturated carbocycles. The topological polar surface area (TPSA) is 49.3 Å². The molecule has 0 spiro atoms. The van der Waals surface area contributed by atoms with Crippen LogP contribution >= 0.6 is 33.8 Å². The lowest BCUT2D eigenvalue weighted by Crippen LogP contribution is -2.25. The predicted octanol–water partition coefficient (Wildman–Crippen LogP) is 0.957. The van der Waals surface area contributed by atoms with Crippen molar-refractivity contribution < 1.29 is 9.90 Å². The molecule has 0 bridgehead atoms. The van der Waals surface area contributed by atoms with E-state index in [1.807, 2.05) is 6.26 Å². The molecule has 0 atom stereocenters. The Morgan fingerprint density at radius 2 is 2.40 bits per heavy atom. The molecule has 0 fully saturated rings. The summed E-state index contributed by atoms with van der Waals surface area (Å²) in [7, 11) is 2.83. The molecular weight excluding hydrogens is 190 g/mol. The van der Waals surface area contributed by atoms with Crippen molar-refractivity contribution in [2.24, 2.45) is 0 Å². The third-order valence-corrected chi connectivity index (χ3v) is 2.72. The molecule has 58 valence electrons. The van der Waals surface area contributed by atoms with Gasteiger partial charge >= 0.3 is 5.97 Å². The van der Waals surface area contributed by atoms with Crippen LogP contribution in [0.5, 0.6) is 0 Å². The van der Waals surface area contributed by atoms with E-state index in [2.05, 4.69) is 5.32 Å². The first kappa shape index (κ1) is 10.1. The van der Waals surface area contributed by atoms with Crippen molar-refractivity contribution in [1.29, 1.82) is 0 Å². The van der Waals surface area contributed by atoms with Gasteiger partial charge in [-0.25, -0.2) is 0 Å². The van der Waals surface area contributed by atoms with Gasteiger partial charge in [0.2, 0.25) is 0 Å². The summed E-state index contributed by atoms with van der Waals surface area (Å²) in [4.78, 5) is 9.97. The molecule has 3 nitrogen and oxygen atoms in total. The summed E-state index contributed by atoms with van der Waals surface area (Å²) in [5, 5.41) is 10.7. The zero-order valence-electron chi connectivity index (χ0n) is 5.29. The summed E-state index contributed by atoms with van der Waals surface area (Å²) < 4.78 is 0.509. The molecule has 0 saturated heterocycles. The Hall–Kier alpha value is 0.0600. The van der Waals surface area contributed by atoms with E-state index in [0.29, 0.717) is 4.32 Å². The largest absolute Gasteiger partial charge is 0.480 e. The molecule has 10 heavy (non-hydrogen) atoms. The molecule has 0 aromatic carbocycles. The minimum atomic E-state index is -0.899. The van der Waals surface area contributed by atoms with Crippen LogP contribution in [0.2, 0.25) is 0 Å². The lowest BCUT2D eigenvalue weighted by atomic mass is 10.7. The van der Waals surface area contributed by atoms with Crippen molar-refractivity contribution in [2.45, 2.75) is 0 Å². The monoisotopic (exact) mass is 197 g/mol. The second-order valence-corrected chi connectivity index (χ2v) is 4.36. The van der Waals surface area contributed by atoms with Crippen molar-refractivity contribution in [3.63, 3.8) is 0 Å². The van der Waals surface area contributed by atoms with E-state index in [0.717, 1.165) is 0 Å². The maximum Gasteiger partial charge on any atom is 0.322 e. The quantitative estimate of drug-likeness (QED) is 0.519. The van der Waals surface area contributed by atoms with Crippen LogP contribution in [0.1, 0.15) is 0 Å². The molecule has 0 aliphatic heterocycles. The maximum atomic E-state index is 9.97. The van der Waals surface area contributed by atoms with Gasteiger partial charge in [-0.2, -0.15) is 0 Å². The zero-order valence-corrected chi connectivity index (χ0v) is 7.74. The second-order valence-electron chi connectivity index (χ2n) is 1.28. The second kappa shape index (κ2) is 5.82. The summed E-state index contributed by atoms with van der Waals surface area (Å²) >= 11 is 4.74. The van der Waals surface area contributed by atoms with Gasteiger partial charge in [-0.15, -0.1) is 0 Å². The average molecular weight is 197 g/mol. The fourth-order valence-corrected chi connectivity index (χ4v) is 1.85. The first-order chi connectivity index (χ1) is 4.66. The van der Waals surface area contributed by atoms with Crippen LogP contribution in [0, 0.1) is 0 Å². The van der Waals surface area contributed by atoms with E-state index in [-0.39, 0.29) is 6.54 Å². The molecule has 0 aromatic rings. The number of carboxylic acids is 1. The number of carboxylic acid groups (broad SMARTS) is 1. The Kier molecular flexibility index (Phi) is 5.85. The minimum absolute atomic E-state index is 0.105. The Labute approximate surface area is 72.3 Å². The summed E-state index contributed by atoms with van der Waals surface area (Å²) in [5.74, 6) is -0.899. The van der Waals surface area contributed by atoms with Crippen molar-refractivity contribution >= 4 is 44.1 Å². The van der Waals surface area contributed by atoms with Gasteiger partial charge in [0.25, 0.3) is 0 Å². The van der Waals surface area contributed by atoms with E-state index >= 15 is 0 Å². The lowest BCUT2D eigenvalue weighted by Gasteiger charge is -2.00. The Morgan fingerprint density at radius 1 is 1.80 bits per heavy atom. The Balaban J connectivity index is 3.30. The van der Waals surface area contributed by atoms with Crippen molar-refractivity contribution in [3.8, 4) is 0 Å². The average Bonchev–Trinajstić information content (AvgIpc) is 1.85. The Morgan fingerprint density at radius 3 is 2.80 bits per heavy atom. The van der Waals surface area contributed by atoms with Gasteiger partial charge in [0, 0.05) is 0 Å². The molecule has 6 heteroatoms. The number of aliphatic carboxylic acids is 1. The fourth-order valence-electron chi connectivity index (χ4n) is 0.253. The molecule has 0 rings (SSSR count). The standard InChI is InChI=1S/C4H7NO2S3/c1-9-10-4(8)5-2-3(6)7/h2H2,1H3,(H,5,8)(H,6,7). The normalized spacial score (nSPS) is 8.90. The smallest absolute Gasteiger partial charge is 0.322 e. The fraction of sp³-hybridized carbons (Fsp3) is 0.500. The number of carbonyl (C=O) groups is 1. The highest BCUT2D eigenvalue weighted by Gasteiger charge is 1.98. The van der Waals surface area contributed by atoms with Gasteiger partial charge < -0.3 is 10.4 Å². The molecule has 2 N–H and O–H groups in total. The van der Waals surface area contributed by atoms with Crippen molar-refractivity contribution in [1.82, 2.24) is 5.32 Å². The number of hydrogen-bond acceptors (Lipinski definition) is 4. The number of hydrogen-bond donors (Lipinski definition) is 2. The molecular formula is C4H7NO2S3. The van der Waals surface area contributed by atoms with Gasteiger partial charge in [0.05, 0.1) is 0 Å². The van der Waals surface area contributed by atoms with Crippen molar-refractivity contribution in [2.75, 3.05) is 12.8 Å². The van der Waals surface area contributed by atoms with E-state index in [1.165, 1.54) is 21.6 Å². The summed E-state index contributed by atoms with van der Waals surface area (Å²) in [6.07, 6.45) is 1.87. The number of thiocarbonyl (C=S) groups is 1. The first-order valence-electron chi connectivity index (χ1n) is 2.37. The highest BCUT2D eigenvalue weighted by atomic mass is 33.1. The van der Waals surface area contributed by atoms with Crippen LogP contribution in [-0.2, 0) is 4.79 Å². The van der Waals surface area contributed by atoms with E-state index in [4.69, 9.17) is 17.3 Å². The highest BCUT2D eigenvalue weighted by molar-refractivity contribution is 8.83. The van der Waals surface area contributed by atoms with Gasteiger partial charge in [0.1, 0.15) is 10.9 Å². The van der Waals surface area contributed by atoms with E-state index < -0.39 is 5.97 Å². The Bertz CT molecular complexity index is 138. The molecule has 0 aliphatic carbocycles. The van der Waals surface area contributed by atoms with Crippen LogP contribution < -0.4 is 5.32 Å². The number of nitrogens with one attached hydrogen (secondary N) is 1. The first-order valence-corrected chi connectivity index (χ1v) is 5.33. The summed E-state index contributed by atoms with van der Waals surface area (Å²) in [6, 6.07) is 0. The SMILES string of the molecule is CSSC(=S)NCC(=O)O. The molecule has 0 radical (unpaired) electrons. The van der Waals surface area contributed by atoms with Gasteiger partial charge in [0.15, 0.2) is 0 Å². The summed E-state index contributed by atoms with van der Waals surface area (Å²) in [6.45, 7) is -0.105. The van der Waals surface area contributed by atoms with Gasteiger partial charge in [-0.05, 0) is 17.0 Å². The third kappa shape index (κ3) is 6.18. The molecule has 0 heterocycles. The van der Waals surface area contributed by atoms with Crippen LogP contribution in [-0.4, -0.2) is 28.2 Å². The van der Waals surface area contributed by atoms with Crippen LogP contribution in [0.15, 0.2) is 0 Å². The van der Waals surface area contributed by atoms with E-state index in [9.17, 15) is 4.79 Å². The highest BCUT2D eigenvalue weighted by Crippen LogP contribution is 2.16. The predicted molar refractivity (Wildman–Crippen MR) is 49.3 cm³/mol. The van der Waals surface area contributed by atoms with Crippen LogP contribution in [0.4, 0.5) is 0 Å². The van der Waals surface area contributed by atoms with Crippen LogP contribution in [0.25, 0.3) is 0 Å². The lowest BCUT2D eigenvalue weighted by molar-refractivity contribution is -0.135. The number of rotatable bonds is 3. The van der Waals surface area contributed by atoms with Crippen LogP contribution in [0.3, 0.4) is 0 Å². The molecule has 0 amide bonds. The zero-order chi connectivity index (χ0) is 7.98. The molecule has 0 aliphatic rings. The summed E-state index contributed by atoms with van der Waals surface area (Å²) in [5.41, 5.74) is 0. The molecule has 0 aromatic heterocycles. The van der Waals surface area contributed by atoms with Crippen molar-refractivity contribution in [3.05, 3.63) is 0 Å². The maximum absolute atomic E-state index is 9.97. The molecule has 0 unspecified atom stereocenters. The van der Waals surface area contributed by atoms with Gasteiger partial charge in [-0.3, -0.25) is 4.79 Å². The van der Waals surface area contributed by atoms with E-state index in [1.54, 1.807) is 0 Å². The third-order valence-electron chi connectivity index (χ3n) is 0.543.